The predicted molar refractivity (Wildman–Crippen MR) is 118 cm³/mol. The molecule has 0 aromatic heterocycles. The van der Waals surface area contributed by atoms with E-state index in [9.17, 15) is 0 Å². The summed E-state index contributed by atoms with van der Waals surface area (Å²) in [7, 11) is 0. The van der Waals surface area contributed by atoms with Crippen molar-refractivity contribution in [1.82, 2.24) is 0 Å². The molecule has 0 spiro atoms. The van der Waals surface area contributed by atoms with Gasteiger partial charge in [0, 0.05) is 33.4 Å². The van der Waals surface area contributed by atoms with Crippen LogP contribution in [-0.4, -0.2) is 22.5 Å². The molecule has 0 aliphatic heterocycles. The van der Waals surface area contributed by atoms with Gasteiger partial charge in [0.25, 0.3) is 0 Å². The number of hydrogen-bond donors (Lipinski definition) is 0. The molecule has 1 rings (SSSR count). The lowest BCUT2D eigenvalue weighted by Gasteiger charge is -2.31. The molecule has 0 radical (unpaired) electrons. The first kappa shape index (κ1) is 22.6. The molecule has 0 saturated carbocycles. The summed E-state index contributed by atoms with van der Waals surface area (Å²) in [4.78, 5) is 10.3. The van der Waals surface area contributed by atoms with Gasteiger partial charge in [0.15, 0.2) is 0 Å². The van der Waals surface area contributed by atoms with E-state index in [2.05, 4.69) is 107 Å². The molecule has 0 aliphatic rings. The van der Waals surface area contributed by atoms with Crippen molar-refractivity contribution in [2.24, 2.45) is 20.8 Å². The molecule has 146 valence electrons. The zero-order chi connectivity index (χ0) is 20.6. The Hall–Kier alpha value is -1.44. The minimum absolute atomic E-state index is 0.0475. The first-order valence-corrected chi connectivity index (χ1v) is 9.72. The highest BCUT2D eigenvalue weighted by Crippen LogP contribution is 2.32. The van der Waals surface area contributed by atoms with Gasteiger partial charge < -0.3 is 0 Å². The van der Waals surface area contributed by atoms with Crippen molar-refractivity contribution in [1.29, 1.82) is 0 Å². The molecule has 0 atom stereocenters. The fraction of sp³-hybridized carbons (Fsp3) is 0.667. The van der Waals surface area contributed by atoms with Crippen molar-refractivity contribution < 1.29 is 0 Å². The molecule has 2 nitrogen and oxygen atoms in total. The second kappa shape index (κ2) is 7.29. The molecule has 1 aromatic rings. The summed E-state index contributed by atoms with van der Waals surface area (Å²) in [5.41, 5.74) is 4.35. The second-order valence-corrected chi connectivity index (χ2v) is 11.3. The highest BCUT2D eigenvalue weighted by molar-refractivity contribution is 6.15. The van der Waals surface area contributed by atoms with Crippen LogP contribution < -0.4 is 0 Å². The van der Waals surface area contributed by atoms with Crippen molar-refractivity contribution in [3.63, 3.8) is 0 Å². The molecule has 0 heterocycles. The van der Waals surface area contributed by atoms with Crippen molar-refractivity contribution in [3.8, 4) is 0 Å². The van der Waals surface area contributed by atoms with Crippen LogP contribution in [0.5, 0.6) is 0 Å². The van der Waals surface area contributed by atoms with Crippen LogP contribution in [0.2, 0.25) is 0 Å². The maximum atomic E-state index is 5.13. The van der Waals surface area contributed by atoms with Crippen molar-refractivity contribution in [3.05, 3.63) is 35.4 Å². The summed E-state index contributed by atoms with van der Waals surface area (Å²) in [6, 6.07) is 8.63. The van der Waals surface area contributed by atoms with E-state index in [0.29, 0.717) is 0 Å². The Balaban J connectivity index is 3.83. The maximum absolute atomic E-state index is 5.13. The first-order chi connectivity index (χ1) is 11.4. The van der Waals surface area contributed by atoms with Gasteiger partial charge >= 0.3 is 0 Å². The van der Waals surface area contributed by atoms with Crippen LogP contribution in [0.3, 0.4) is 0 Å². The van der Waals surface area contributed by atoms with E-state index in [4.69, 9.17) is 9.98 Å². The number of benzene rings is 1. The fourth-order valence-corrected chi connectivity index (χ4v) is 2.83. The standard InChI is InChI=1S/C24H40N2/c1-21(2,3)19(25-23(7,8)9)17-15-13-14-16-18(17)20(22(4,5)6)26-24(10,11)12/h13-16H,1-12H3. The van der Waals surface area contributed by atoms with Gasteiger partial charge in [-0.3, -0.25) is 9.98 Å². The highest BCUT2D eigenvalue weighted by atomic mass is 14.9. The van der Waals surface area contributed by atoms with E-state index in [1.165, 1.54) is 11.1 Å². The molecule has 0 fully saturated rings. The molecule has 26 heavy (non-hydrogen) atoms. The van der Waals surface area contributed by atoms with E-state index in [-0.39, 0.29) is 21.9 Å². The molecule has 2 heteroatoms. The summed E-state index contributed by atoms with van der Waals surface area (Å²) in [5, 5.41) is 0. The normalized spacial score (nSPS) is 15.4. The Labute approximate surface area is 162 Å². The Bertz CT molecular complexity index is 618. The Kier molecular flexibility index (Phi) is 6.34. The molecular weight excluding hydrogens is 316 g/mol. The monoisotopic (exact) mass is 356 g/mol. The van der Waals surface area contributed by atoms with Crippen molar-refractivity contribution in [2.75, 3.05) is 0 Å². The summed E-state index contributed by atoms with van der Waals surface area (Å²) in [6.07, 6.45) is 0. The van der Waals surface area contributed by atoms with E-state index in [0.717, 1.165) is 11.4 Å². The van der Waals surface area contributed by atoms with E-state index in [1.54, 1.807) is 0 Å². The molecule has 0 saturated heterocycles. The van der Waals surface area contributed by atoms with Gasteiger partial charge in [-0.15, -0.1) is 0 Å². The molecule has 0 N–H and O–H groups in total. The summed E-state index contributed by atoms with van der Waals surface area (Å²) >= 11 is 0. The smallest absolute Gasteiger partial charge is 0.0527 e. The minimum Gasteiger partial charge on any atom is -0.283 e. The number of rotatable bonds is 2. The van der Waals surface area contributed by atoms with E-state index < -0.39 is 0 Å². The largest absolute Gasteiger partial charge is 0.283 e. The highest BCUT2D eigenvalue weighted by Gasteiger charge is 2.30. The number of aliphatic imine (C=N–C) groups is 2. The third-order valence-corrected chi connectivity index (χ3v) is 3.75. The summed E-state index contributed by atoms with van der Waals surface area (Å²) in [5.74, 6) is 0. The Morgan fingerprint density at radius 2 is 0.808 bits per heavy atom. The van der Waals surface area contributed by atoms with Crippen LogP contribution in [0.4, 0.5) is 0 Å². The van der Waals surface area contributed by atoms with Crippen LogP contribution in [0.25, 0.3) is 0 Å². The lowest BCUT2D eigenvalue weighted by Crippen LogP contribution is -2.31. The molecular formula is C24H40N2. The molecule has 0 unspecified atom stereocenters. The third kappa shape index (κ3) is 6.70. The second-order valence-electron chi connectivity index (χ2n) is 11.3. The van der Waals surface area contributed by atoms with Gasteiger partial charge in [-0.2, -0.15) is 0 Å². The van der Waals surface area contributed by atoms with Crippen LogP contribution in [-0.2, 0) is 0 Å². The Morgan fingerprint density at radius 1 is 0.538 bits per heavy atom. The van der Waals surface area contributed by atoms with E-state index >= 15 is 0 Å². The van der Waals surface area contributed by atoms with Crippen molar-refractivity contribution >= 4 is 11.4 Å². The van der Waals surface area contributed by atoms with Gasteiger partial charge in [0.1, 0.15) is 0 Å². The summed E-state index contributed by atoms with van der Waals surface area (Å²) in [6.45, 7) is 26.4. The summed E-state index contributed by atoms with van der Waals surface area (Å²) < 4.78 is 0. The van der Waals surface area contributed by atoms with Crippen LogP contribution >= 0.6 is 0 Å². The third-order valence-electron chi connectivity index (χ3n) is 3.75. The van der Waals surface area contributed by atoms with Crippen LogP contribution in [0.15, 0.2) is 34.3 Å². The minimum atomic E-state index is -0.126. The first-order valence-electron chi connectivity index (χ1n) is 9.72. The zero-order valence-corrected chi connectivity index (χ0v) is 19.2. The Morgan fingerprint density at radius 3 is 1.00 bits per heavy atom. The fourth-order valence-electron chi connectivity index (χ4n) is 2.83. The van der Waals surface area contributed by atoms with Crippen molar-refractivity contribution in [2.45, 2.75) is 94.2 Å². The zero-order valence-electron chi connectivity index (χ0n) is 19.2. The van der Waals surface area contributed by atoms with Crippen LogP contribution in [0.1, 0.15) is 94.2 Å². The van der Waals surface area contributed by atoms with Crippen LogP contribution in [0, 0.1) is 10.8 Å². The number of nitrogens with zero attached hydrogens (tertiary/aromatic N) is 2. The lowest BCUT2D eigenvalue weighted by atomic mass is 9.78. The maximum Gasteiger partial charge on any atom is 0.0527 e. The average Bonchev–Trinajstić information content (AvgIpc) is 2.38. The van der Waals surface area contributed by atoms with Gasteiger partial charge in [0.2, 0.25) is 0 Å². The average molecular weight is 357 g/mol. The SMILES string of the molecule is CC(C)(C)N=C(c1ccccc1C(=NC(C)(C)C)C(C)(C)C)C(C)(C)C. The molecule has 0 amide bonds. The van der Waals surface area contributed by atoms with E-state index in [1.807, 2.05) is 0 Å². The van der Waals surface area contributed by atoms with Gasteiger partial charge in [-0.05, 0) is 41.5 Å². The molecule has 1 aromatic carbocycles. The van der Waals surface area contributed by atoms with Gasteiger partial charge in [-0.25, -0.2) is 0 Å². The molecule has 0 aliphatic carbocycles. The quantitative estimate of drug-likeness (QED) is 0.512. The number of hydrogen-bond acceptors (Lipinski definition) is 2. The predicted octanol–water partition coefficient (Wildman–Crippen LogP) is 6.95. The molecule has 0 bridgehead atoms. The van der Waals surface area contributed by atoms with Gasteiger partial charge in [0.05, 0.1) is 11.1 Å². The lowest BCUT2D eigenvalue weighted by molar-refractivity contribution is 0.537. The topological polar surface area (TPSA) is 24.7 Å². The van der Waals surface area contributed by atoms with Gasteiger partial charge in [-0.1, -0.05) is 65.8 Å².